The maximum absolute atomic E-state index is 13.8. The van der Waals surface area contributed by atoms with Gasteiger partial charge in [0.25, 0.3) is 0 Å². The van der Waals surface area contributed by atoms with Gasteiger partial charge in [-0.05, 0) is 44.5 Å². The van der Waals surface area contributed by atoms with Crippen molar-refractivity contribution in [2.75, 3.05) is 6.61 Å². The summed E-state index contributed by atoms with van der Waals surface area (Å²) in [5.41, 5.74) is -0.400. The minimum atomic E-state index is -4.78. The van der Waals surface area contributed by atoms with Crippen molar-refractivity contribution in [2.24, 2.45) is 7.05 Å². The summed E-state index contributed by atoms with van der Waals surface area (Å²) in [5, 5.41) is 22.6. The van der Waals surface area contributed by atoms with Crippen LogP contribution in [0.2, 0.25) is 0 Å². The second-order valence-electron chi connectivity index (χ2n) is 9.79. The van der Waals surface area contributed by atoms with Crippen LogP contribution in [0.1, 0.15) is 46.4 Å². The molecule has 4 aromatic heterocycles. The Kier molecular flexibility index (Phi) is 7.37. The number of para-hydroxylation sites is 1. The molecule has 5 aromatic rings. The van der Waals surface area contributed by atoms with Crippen molar-refractivity contribution in [1.29, 1.82) is 5.26 Å². The molecule has 0 saturated heterocycles. The Morgan fingerprint density at radius 2 is 1.72 bits per heavy atom. The molecule has 1 aromatic carbocycles. The van der Waals surface area contributed by atoms with E-state index in [4.69, 9.17) is 4.74 Å². The highest BCUT2D eigenvalue weighted by atomic mass is 19.4. The van der Waals surface area contributed by atoms with E-state index in [9.17, 15) is 31.6 Å². The van der Waals surface area contributed by atoms with Crippen molar-refractivity contribution < 1.29 is 31.1 Å². The van der Waals surface area contributed by atoms with Crippen LogP contribution in [0.3, 0.4) is 0 Å². The van der Waals surface area contributed by atoms with Crippen molar-refractivity contribution in [3.63, 3.8) is 0 Å². The van der Waals surface area contributed by atoms with E-state index >= 15 is 0 Å². The molecule has 5 rings (SSSR count). The molecule has 0 aliphatic rings. The summed E-state index contributed by atoms with van der Waals surface area (Å²) < 4.78 is 90.1. The Morgan fingerprint density at radius 3 is 2.35 bits per heavy atom. The Morgan fingerprint density at radius 1 is 1.00 bits per heavy atom. The molecule has 0 unspecified atom stereocenters. The van der Waals surface area contributed by atoms with Crippen molar-refractivity contribution in [3.8, 4) is 28.9 Å². The Hall–Kier alpha value is -4.93. The number of fused-ring (bicyclic) bond motifs is 1. The molecule has 0 saturated carbocycles. The van der Waals surface area contributed by atoms with Crippen molar-refractivity contribution in [2.45, 2.75) is 39.5 Å². The number of ether oxygens (including phenoxy) is 1. The summed E-state index contributed by atoms with van der Waals surface area (Å²) in [6.45, 7) is 4.85. The van der Waals surface area contributed by atoms with E-state index in [1.54, 1.807) is 51.1 Å². The quantitative estimate of drug-likeness (QED) is 0.201. The zero-order valence-electron chi connectivity index (χ0n) is 23.3. The average molecular weight is 600 g/mol. The summed E-state index contributed by atoms with van der Waals surface area (Å²) in [4.78, 5) is 3.66. The van der Waals surface area contributed by atoms with Gasteiger partial charge in [0.05, 0.1) is 34.8 Å². The predicted octanol–water partition coefficient (Wildman–Crippen LogP) is 6.73. The number of hydrogen-bond acceptors (Lipinski definition) is 6. The van der Waals surface area contributed by atoms with Crippen LogP contribution in [0, 0.1) is 25.2 Å². The molecular formula is C29H23F6N7O. The van der Waals surface area contributed by atoms with Crippen LogP contribution in [0.25, 0.3) is 27.8 Å². The number of nitrogens with zero attached hydrogens (tertiary/aromatic N) is 7. The summed E-state index contributed by atoms with van der Waals surface area (Å²) >= 11 is 0. The van der Waals surface area contributed by atoms with Gasteiger partial charge < -0.3 is 9.30 Å². The van der Waals surface area contributed by atoms with Gasteiger partial charge in [0.15, 0.2) is 11.4 Å². The van der Waals surface area contributed by atoms with Gasteiger partial charge >= 0.3 is 12.4 Å². The van der Waals surface area contributed by atoms with E-state index in [0.717, 1.165) is 10.7 Å². The molecule has 0 aliphatic carbocycles. The molecule has 0 radical (unpaired) electrons. The lowest BCUT2D eigenvalue weighted by Crippen LogP contribution is -2.13. The monoisotopic (exact) mass is 599 g/mol. The molecule has 0 amide bonds. The van der Waals surface area contributed by atoms with Gasteiger partial charge in [-0.25, -0.2) is 4.98 Å². The predicted molar refractivity (Wildman–Crippen MR) is 143 cm³/mol. The lowest BCUT2D eigenvalue weighted by Gasteiger charge is -2.17. The first kappa shape index (κ1) is 29.6. The van der Waals surface area contributed by atoms with E-state index in [-0.39, 0.29) is 41.5 Å². The Bertz CT molecular complexity index is 1900. The van der Waals surface area contributed by atoms with Crippen LogP contribution in [0.4, 0.5) is 26.3 Å². The molecule has 0 N–H and O–H groups in total. The summed E-state index contributed by atoms with van der Waals surface area (Å²) in [6, 6.07) is 11.4. The number of halogens is 6. The van der Waals surface area contributed by atoms with Gasteiger partial charge in [0, 0.05) is 36.2 Å². The third kappa shape index (κ3) is 5.38. The second kappa shape index (κ2) is 10.7. The topological polar surface area (TPSA) is 94.4 Å². The molecular weight excluding hydrogens is 576 g/mol. The highest BCUT2D eigenvalue weighted by molar-refractivity contribution is 5.89. The maximum Gasteiger partial charge on any atom is 0.435 e. The molecule has 222 valence electrons. The zero-order valence-corrected chi connectivity index (χ0v) is 23.3. The lowest BCUT2D eigenvalue weighted by molar-refractivity contribution is -0.142. The van der Waals surface area contributed by atoms with Crippen LogP contribution < -0.4 is 4.74 Å². The highest BCUT2D eigenvalue weighted by Gasteiger charge is 2.38. The highest BCUT2D eigenvalue weighted by Crippen LogP contribution is 2.39. The first-order chi connectivity index (χ1) is 20.2. The Balaban J connectivity index is 1.67. The van der Waals surface area contributed by atoms with Gasteiger partial charge in [-0.15, -0.1) is 5.10 Å². The van der Waals surface area contributed by atoms with E-state index in [0.29, 0.717) is 33.3 Å². The minimum absolute atomic E-state index is 0.00246. The number of alkyl halides is 6. The number of benzene rings is 1. The first-order valence-corrected chi connectivity index (χ1v) is 12.9. The zero-order chi connectivity index (χ0) is 31.3. The van der Waals surface area contributed by atoms with Gasteiger partial charge in [-0.2, -0.15) is 41.8 Å². The lowest BCUT2D eigenvalue weighted by atomic mass is 10.0. The van der Waals surface area contributed by atoms with E-state index in [1.165, 1.54) is 17.8 Å². The molecule has 8 nitrogen and oxygen atoms in total. The number of nitriles is 1. The SMILES string of the molecule is CCOc1nc(C(F)(F)F)cc(-n2c(C#N)c(Cc3cc(C)c(-c4cn(C)nc4C(F)(F)F)nn3)c3ccccc32)c1C. The van der Waals surface area contributed by atoms with E-state index in [1.807, 2.05) is 0 Å². The smallest absolute Gasteiger partial charge is 0.435 e. The van der Waals surface area contributed by atoms with Crippen molar-refractivity contribution in [3.05, 3.63) is 82.1 Å². The standard InChI is InChI=1S/C29H23F6N7O/c1-5-43-27-16(3)22(12-24(37-27)28(30,31)32)42-21-9-7-6-8-18(21)19(23(42)13-36)11-17-10-15(2)25(39-38-17)20-14-41(4)40-26(20)29(33,34)35/h6-10,12,14H,5,11H2,1-4H3. The normalized spacial score (nSPS) is 12.1. The van der Waals surface area contributed by atoms with Gasteiger partial charge in [0.1, 0.15) is 11.8 Å². The molecule has 4 heterocycles. The Labute approximate surface area is 241 Å². The summed E-state index contributed by atoms with van der Waals surface area (Å²) in [5.74, 6) is -0.207. The van der Waals surface area contributed by atoms with Crippen LogP contribution >= 0.6 is 0 Å². The fourth-order valence-electron chi connectivity index (χ4n) is 5.03. The van der Waals surface area contributed by atoms with Crippen molar-refractivity contribution in [1.82, 2.24) is 29.5 Å². The fourth-order valence-corrected chi connectivity index (χ4v) is 5.03. The first-order valence-electron chi connectivity index (χ1n) is 12.9. The number of aromatic nitrogens is 6. The number of rotatable bonds is 6. The van der Waals surface area contributed by atoms with Crippen LogP contribution in [0.15, 0.2) is 42.6 Å². The number of aryl methyl sites for hydroxylation is 2. The number of pyridine rings is 1. The number of hydrogen-bond donors (Lipinski definition) is 0. The molecule has 0 atom stereocenters. The average Bonchev–Trinajstić information content (AvgIpc) is 3.47. The van der Waals surface area contributed by atoms with Crippen LogP contribution in [-0.4, -0.2) is 36.1 Å². The van der Waals surface area contributed by atoms with Crippen LogP contribution in [-0.2, 0) is 25.8 Å². The molecule has 0 spiro atoms. The van der Waals surface area contributed by atoms with Gasteiger partial charge in [-0.3, -0.25) is 4.68 Å². The molecule has 14 heteroatoms. The minimum Gasteiger partial charge on any atom is -0.478 e. The van der Waals surface area contributed by atoms with Crippen molar-refractivity contribution >= 4 is 10.9 Å². The van der Waals surface area contributed by atoms with E-state index < -0.39 is 23.7 Å². The summed E-state index contributed by atoms with van der Waals surface area (Å²) in [6.07, 6.45) is -8.24. The van der Waals surface area contributed by atoms with Crippen LogP contribution in [0.5, 0.6) is 5.88 Å². The molecule has 43 heavy (non-hydrogen) atoms. The molecule has 0 aliphatic heterocycles. The van der Waals surface area contributed by atoms with Gasteiger partial charge in [-0.1, -0.05) is 18.2 Å². The van der Waals surface area contributed by atoms with E-state index in [2.05, 4.69) is 26.3 Å². The largest absolute Gasteiger partial charge is 0.478 e. The molecule has 0 fully saturated rings. The van der Waals surface area contributed by atoms with Gasteiger partial charge in [0.2, 0.25) is 5.88 Å². The third-order valence-corrected chi connectivity index (χ3v) is 6.84. The third-order valence-electron chi connectivity index (χ3n) is 6.84. The second-order valence-corrected chi connectivity index (χ2v) is 9.79. The fraction of sp³-hybridized carbons (Fsp3) is 0.276. The summed E-state index contributed by atoms with van der Waals surface area (Å²) in [7, 11) is 1.37. The maximum atomic E-state index is 13.8. The molecule has 0 bridgehead atoms.